The lowest BCUT2D eigenvalue weighted by Gasteiger charge is -2.46. The molecule has 0 bridgehead atoms. The van der Waals surface area contributed by atoms with Gasteiger partial charge in [0.25, 0.3) is 0 Å². The Balaban J connectivity index is 0.000000275. The van der Waals surface area contributed by atoms with Gasteiger partial charge >= 0.3 is 23.9 Å². The van der Waals surface area contributed by atoms with Gasteiger partial charge in [-0.15, -0.1) is 22.7 Å². The molecule has 4 aromatic heterocycles. The van der Waals surface area contributed by atoms with Crippen LogP contribution in [-0.2, 0) is 19.1 Å². The number of rotatable bonds is 23. The lowest BCUT2D eigenvalue weighted by Crippen LogP contribution is -2.84. The van der Waals surface area contributed by atoms with Crippen LogP contribution in [0, 0.1) is 35.1 Å². The summed E-state index contributed by atoms with van der Waals surface area (Å²) in [6.45, 7) is 6.17. The molecule has 6 aromatic rings. The molecule has 0 saturated carbocycles. The first-order valence-electron chi connectivity index (χ1n) is 32.9. The molecular formula is C54H54B24Cl3F5N12O8S2. The van der Waals surface area contributed by atoms with Crippen molar-refractivity contribution in [3.8, 4) is 0 Å². The van der Waals surface area contributed by atoms with Gasteiger partial charge < -0.3 is 40.5 Å². The van der Waals surface area contributed by atoms with E-state index in [1.165, 1.54) is 59.3 Å². The summed E-state index contributed by atoms with van der Waals surface area (Å²) in [5.74, 6) is -7.09. The van der Waals surface area contributed by atoms with Crippen LogP contribution in [0.25, 0.3) is 0 Å². The first kappa shape index (κ1) is 92.6. The molecule has 0 spiro atoms. The minimum absolute atomic E-state index is 0. The number of alkyl halides is 1. The Hall–Kier alpha value is -6.00. The minimum Gasteiger partial charge on any atom is -0.477 e. The summed E-state index contributed by atoms with van der Waals surface area (Å²) >= 11 is 20.4. The highest BCUT2D eigenvalue weighted by Gasteiger charge is 2.49. The van der Waals surface area contributed by atoms with Gasteiger partial charge in [0.1, 0.15) is 12.1 Å². The molecule has 26 radical (unpaired) electrons. The van der Waals surface area contributed by atoms with Crippen molar-refractivity contribution < 1.29 is 60.8 Å². The zero-order valence-electron chi connectivity index (χ0n) is 57.9. The molecule has 0 aliphatic carbocycles. The lowest BCUT2D eigenvalue weighted by atomic mass is 8.35. The van der Waals surface area contributed by atoms with Crippen LogP contribution in [0.4, 0.5) is 27.9 Å². The molecule has 2 unspecified atom stereocenters. The second-order valence-electron chi connectivity index (χ2n) is 24.0. The molecule has 20 nitrogen and oxygen atoms in total. The van der Waals surface area contributed by atoms with E-state index in [1.807, 2.05) is 10.3 Å². The number of halogens is 8. The van der Waals surface area contributed by atoms with Gasteiger partial charge in [-0.3, -0.25) is 14.4 Å². The third kappa shape index (κ3) is 24.0. The number of anilines is 1. The van der Waals surface area contributed by atoms with Gasteiger partial charge in [0.2, 0.25) is 11.2 Å². The SMILES string of the molecule is C.CCOC(=O)C1=C(C2CCN(c3nccc(C(=O)O)n3)CC2)NC(c2nccs2)=NC1c1ccc(F)c(F)c1Cl.CCOC(=O)C1=C(C2CCNCC2)NC(c2nccs2)=NC1c1ccc(F)c(F)c1Cl.CF.O=C(O)c1ccnc(Cl)n1.[B]B([B])B([B])B(B([B])[B])B(B(B([B])[B])B([B])[B])B(B([B])[B])B([B])[B]. The van der Waals surface area contributed by atoms with Crippen LogP contribution in [-0.4, -0.2) is 293 Å². The maximum absolute atomic E-state index is 14.6. The van der Waals surface area contributed by atoms with Crippen LogP contribution in [0.15, 0.2) is 104 Å². The summed E-state index contributed by atoms with van der Waals surface area (Å²) in [5, 5.41) is 31.3. The van der Waals surface area contributed by atoms with E-state index in [1.54, 1.807) is 31.6 Å². The van der Waals surface area contributed by atoms with Crippen LogP contribution in [0.2, 0.25) is 15.3 Å². The van der Waals surface area contributed by atoms with Gasteiger partial charge in [0.05, 0.1) is 41.6 Å². The quantitative estimate of drug-likeness (QED) is 0.0199. The van der Waals surface area contributed by atoms with Crippen LogP contribution in [0.5, 0.6) is 0 Å². The second kappa shape index (κ2) is 44.3. The summed E-state index contributed by atoms with van der Waals surface area (Å²) in [4.78, 5) is 83.1. The van der Waals surface area contributed by atoms with Crippen molar-refractivity contribution in [2.24, 2.45) is 21.8 Å². The van der Waals surface area contributed by atoms with Gasteiger partial charge in [0, 0.05) is 254 Å². The maximum atomic E-state index is 14.6. The van der Waals surface area contributed by atoms with Crippen molar-refractivity contribution in [3.05, 3.63) is 166 Å². The number of piperidine rings is 2. The number of nitrogens with zero attached hydrogens (tertiary/aromatic N) is 9. The number of allylic oxidation sites excluding steroid dienone is 2. The van der Waals surface area contributed by atoms with Crippen LogP contribution >= 0.6 is 57.5 Å². The lowest BCUT2D eigenvalue weighted by molar-refractivity contribution is -0.140. The number of benzene rings is 2. The highest BCUT2D eigenvalue weighted by Crippen LogP contribution is 2.43. The second-order valence-corrected chi connectivity index (χ2v) is 26.9. The number of aromatic carboxylic acids is 2. The van der Waals surface area contributed by atoms with Gasteiger partial charge in [-0.2, -0.15) is 0 Å². The number of ether oxygens (including phenoxy) is 2. The molecule has 518 valence electrons. The third-order valence-electron chi connectivity index (χ3n) is 17.2. The van der Waals surface area contributed by atoms with Crippen LogP contribution < -0.4 is 20.9 Å². The molecular weight excluding hydrogens is 1470 g/mol. The number of hydrogen-bond acceptors (Lipinski definition) is 20. The van der Waals surface area contributed by atoms with E-state index in [0.717, 1.165) is 38.1 Å². The van der Waals surface area contributed by atoms with Gasteiger partial charge in [-0.05, 0) is 88.5 Å². The summed E-state index contributed by atoms with van der Waals surface area (Å²) in [6.07, 6.45) is -0.938. The number of carbonyl (C=O) groups excluding carboxylic acids is 2. The number of amidine groups is 2. The van der Waals surface area contributed by atoms with E-state index in [0.29, 0.717) is 72.1 Å². The fourth-order valence-corrected chi connectivity index (χ4v) is 14.2. The number of carbonyl (C=O) groups is 4. The van der Waals surface area contributed by atoms with Crippen molar-refractivity contribution in [1.29, 1.82) is 0 Å². The largest absolute Gasteiger partial charge is 0.477 e. The molecule has 5 N–H and O–H groups in total. The molecule has 4 aliphatic rings. The number of nitrogens with one attached hydrogen (secondary N) is 3. The van der Waals surface area contributed by atoms with Crippen molar-refractivity contribution in [2.75, 3.05) is 51.5 Å². The van der Waals surface area contributed by atoms with E-state index in [9.17, 15) is 46.2 Å². The number of carboxylic acids is 2. The normalized spacial score (nSPS) is 15.3. The summed E-state index contributed by atoms with van der Waals surface area (Å²) < 4.78 is 76.8. The highest BCUT2D eigenvalue weighted by atomic mass is 35.5. The van der Waals surface area contributed by atoms with E-state index < -0.39 is 140 Å². The molecule has 2 saturated heterocycles. The average molecular weight is 1520 g/mol. The van der Waals surface area contributed by atoms with Crippen molar-refractivity contribution in [1.82, 2.24) is 45.9 Å². The first-order valence-corrected chi connectivity index (χ1v) is 35.7. The van der Waals surface area contributed by atoms with E-state index in [2.05, 4.69) is 55.8 Å². The summed E-state index contributed by atoms with van der Waals surface area (Å²) in [7, 11) is 76.7. The van der Waals surface area contributed by atoms with Crippen LogP contribution in [0.3, 0.4) is 0 Å². The highest BCUT2D eigenvalue weighted by molar-refractivity contribution is 8.23. The smallest absolute Gasteiger partial charge is 0.354 e. The Morgan fingerprint density at radius 2 is 0.944 bits per heavy atom. The minimum atomic E-state index is -1.23. The number of hydrogen-bond donors (Lipinski definition) is 5. The molecule has 2 fully saturated rings. The molecule has 0 amide bonds. The van der Waals surface area contributed by atoms with E-state index in [-0.39, 0.29) is 71.4 Å². The summed E-state index contributed by atoms with van der Waals surface area (Å²) in [5.41, 5.74) is 1.73. The Morgan fingerprint density at radius 1 is 0.546 bits per heavy atom. The Kier molecular flexibility index (Phi) is 38.0. The number of aromatic nitrogens is 6. The molecule has 54 heteroatoms. The molecule has 2 atom stereocenters. The van der Waals surface area contributed by atoms with Gasteiger partial charge in [0.15, 0.2) is 56.3 Å². The molecule has 8 heterocycles. The predicted octanol–water partition coefficient (Wildman–Crippen LogP) is 1.28. The molecule has 2 aromatic carbocycles. The number of esters is 2. The maximum Gasteiger partial charge on any atom is 0.354 e. The van der Waals surface area contributed by atoms with Gasteiger partial charge in [-0.25, -0.2) is 66.6 Å². The predicted molar refractivity (Wildman–Crippen MR) is 444 cm³/mol. The number of aliphatic imine (C=N–C) groups is 2. The van der Waals surface area contributed by atoms with E-state index in [4.69, 9.17) is 150 Å². The molecule has 10 rings (SSSR count). The fourth-order valence-electron chi connectivity index (χ4n) is 12.4. The molecule has 4 aliphatic heterocycles. The topological polar surface area (TPSA) is 269 Å². The fraction of sp³-hybridized carbons (Fsp3) is 0.333. The van der Waals surface area contributed by atoms with Gasteiger partial charge in [-0.1, -0.05) is 42.8 Å². The standard InChI is InChI=1S/C26H23ClF2N6O4S.C21H21ClF2N4O2S.C5H3ClN2O2.CH3F.CH4.B24/c1-2-39-25(38)17-20(13-6-10-35(11-7-13)26-31-8-5-16(32-26)24(36)37)33-22(23-30-9-12-40-23)34-21(17)14-3-4-15(28)19(29)18(14)27;1-2-30-21(29)14-17(11-5-7-25-8-6-11)27-19(20-26-9-10-31-20)28-18(14)12-3-4-13(23)16(24)15(12)22;6-5-7-2-1-3(8-5)4(9)10;1-2;;1-14(2)20(13)23(19(11)12)24(21(15(3)4)16(5)6)22(17(7)8)18(9)10/h3-5,8-9,12-13,21H,2,6-7,10-11H2,1H3,(H,33,34)(H,36,37);3-4,9-11,18,25H,2,5-8H2,1H3,(H,27,28);1-2H,(H,9,10);1H3;1H4;. The average Bonchev–Trinajstić information content (AvgIpc) is 1.01. The number of carboxylic acid groups (broad SMARTS) is 2. The number of thiazole rings is 2. The zero-order chi connectivity index (χ0) is 79.3. The third-order valence-corrected chi connectivity index (χ3v) is 19.7. The Bertz CT molecular complexity index is 4100. The van der Waals surface area contributed by atoms with Crippen molar-refractivity contribution in [2.45, 2.75) is 59.0 Å². The first-order chi connectivity index (χ1) is 50.8. The Morgan fingerprint density at radius 3 is 1.30 bits per heavy atom. The monoisotopic (exact) mass is 1530 g/mol. The van der Waals surface area contributed by atoms with Crippen molar-refractivity contribution in [3.63, 3.8) is 0 Å². The Labute approximate surface area is 669 Å². The van der Waals surface area contributed by atoms with E-state index >= 15 is 0 Å². The van der Waals surface area contributed by atoms with Crippen molar-refractivity contribution >= 4 is 270 Å². The van der Waals surface area contributed by atoms with Crippen LogP contribution in [0.1, 0.15) is 101 Å². The zero-order valence-corrected chi connectivity index (χ0v) is 61.8. The molecule has 108 heavy (non-hydrogen) atoms. The summed E-state index contributed by atoms with van der Waals surface area (Å²) in [6, 6.07) is 5.17.